The minimum atomic E-state index is -0.210. The van der Waals surface area contributed by atoms with E-state index >= 15 is 0 Å². The summed E-state index contributed by atoms with van der Waals surface area (Å²) in [5.41, 5.74) is 0.525. The van der Waals surface area contributed by atoms with Crippen molar-refractivity contribution in [3.63, 3.8) is 0 Å². The third-order valence-electron chi connectivity index (χ3n) is 20.6. The Bertz CT molecular complexity index is 1250. The SMILES string of the molecule is C=C(C)C(=O)OC(C)C(CCCCCCCCCCCCCCCCCCCCCCCCCCCCCCCCCCCCC)C(C)CCCCCCCCCCCCCCCCCCCCCCCCCCCCCCCCCCCCCC. The molecule has 0 saturated heterocycles. The number of carbonyl (C=O) groups excluding carboxylic acids is 1. The number of hydrogen-bond acceptors (Lipinski definition) is 2. The Morgan fingerprint density at radius 3 is 0.535 bits per heavy atom. The summed E-state index contributed by atoms with van der Waals surface area (Å²) < 4.78 is 5.96. The maximum Gasteiger partial charge on any atom is 0.333 e. The molecule has 86 heavy (non-hydrogen) atoms. The monoisotopic (exact) mass is 1210 g/mol. The largest absolute Gasteiger partial charge is 0.459 e. The number of rotatable bonds is 77. The first-order chi connectivity index (χ1) is 42.4. The van der Waals surface area contributed by atoms with Crippen molar-refractivity contribution in [1.82, 2.24) is 0 Å². The Kier molecular flexibility index (Phi) is 74.2. The van der Waals surface area contributed by atoms with Crippen LogP contribution in [0, 0.1) is 11.8 Å². The molecule has 0 aliphatic heterocycles. The number of carbonyl (C=O) groups is 1. The number of ether oxygens (including phenoxy) is 1. The minimum Gasteiger partial charge on any atom is -0.459 e. The van der Waals surface area contributed by atoms with Crippen LogP contribution in [-0.4, -0.2) is 12.1 Å². The van der Waals surface area contributed by atoms with Crippen molar-refractivity contribution in [2.45, 2.75) is 509 Å². The lowest BCUT2D eigenvalue weighted by Crippen LogP contribution is -2.29. The van der Waals surface area contributed by atoms with Crippen LogP contribution in [0.1, 0.15) is 503 Å². The molecule has 3 atom stereocenters. The fourth-order valence-corrected chi connectivity index (χ4v) is 14.4. The van der Waals surface area contributed by atoms with Crippen LogP contribution in [0.5, 0.6) is 0 Å². The average molecular weight is 1210 g/mol. The highest BCUT2D eigenvalue weighted by atomic mass is 16.5. The van der Waals surface area contributed by atoms with Crippen molar-refractivity contribution >= 4 is 5.97 Å². The van der Waals surface area contributed by atoms with Gasteiger partial charge < -0.3 is 4.74 Å². The third kappa shape index (κ3) is 69.1. The third-order valence-corrected chi connectivity index (χ3v) is 20.6. The number of unbranched alkanes of at least 4 members (excludes halogenated alkanes) is 69. The molecule has 0 aliphatic rings. The van der Waals surface area contributed by atoms with E-state index in [0.29, 0.717) is 17.4 Å². The van der Waals surface area contributed by atoms with Crippen molar-refractivity contribution in [2.75, 3.05) is 0 Å². The van der Waals surface area contributed by atoms with E-state index in [2.05, 4.69) is 34.3 Å². The molecule has 2 heteroatoms. The predicted octanol–water partition coefficient (Wildman–Crippen LogP) is 31.3. The Balaban J connectivity index is 3.62. The van der Waals surface area contributed by atoms with Gasteiger partial charge in [0.25, 0.3) is 0 Å². The zero-order valence-electron chi connectivity index (χ0n) is 60.9. The Hall–Kier alpha value is -0.790. The molecule has 0 bridgehead atoms. The summed E-state index contributed by atoms with van der Waals surface area (Å²) in [6.07, 6.45) is 106. The number of esters is 1. The summed E-state index contributed by atoms with van der Waals surface area (Å²) in [5.74, 6) is 0.839. The maximum absolute atomic E-state index is 12.5. The van der Waals surface area contributed by atoms with Gasteiger partial charge >= 0.3 is 5.97 Å². The summed E-state index contributed by atoms with van der Waals surface area (Å²) in [6, 6.07) is 0. The predicted molar refractivity (Wildman–Crippen MR) is 391 cm³/mol. The lowest BCUT2D eigenvalue weighted by Gasteiger charge is -2.30. The van der Waals surface area contributed by atoms with E-state index in [1.54, 1.807) is 6.92 Å². The van der Waals surface area contributed by atoms with Gasteiger partial charge in [0.15, 0.2) is 0 Å². The van der Waals surface area contributed by atoms with Gasteiger partial charge in [-0.2, -0.15) is 0 Å². The van der Waals surface area contributed by atoms with Gasteiger partial charge in [-0.3, -0.25) is 0 Å². The van der Waals surface area contributed by atoms with Crippen molar-refractivity contribution in [3.05, 3.63) is 12.2 Å². The molecule has 0 aromatic heterocycles. The van der Waals surface area contributed by atoms with Gasteiger partial charge in [-0.05, 0) is 32.1 Å². The van der Waals surface area contributed by atoms with E-state index in [9.17, 15) is 4.79 Å². The Morgan fingerprint density at radius 1 is 0.244 bits per heavy atom. The van der Waals surface area contributed by atoms with E-state index in [-0.39, 0.29) is 12.1 Å². The summed E-state index contributed by atoms with van der Waals surface area (Å²) >= 11 is 0. The highest BCUT2D eigenvalue weighted by Crippen LogP contribution is 2.30. The van der Waals surface area contributed by atoms with Crippen molar-refractivity contribution in [1.29, 1.82) is 0 Å². The Morgan fingerprint density at radius 2 is 0.384 bits per heavy atom. The molecule has 514 valence electrons. The van der Waals surface area contributed by atoms with Crippen LogP contribution in [-0.2, 0) is 9.53 Å². The molecule has 0 fully saturated rings. The molecular weight excluding hydrogens is 1040 g/mol. The van der Waals surface area contributed by atoms with Crippen molar-refractivity contribution in [3.8, 4) is 0 Å². The van der Waals surface area contributed by atoms with Crippen LogP contribution >= 0.6 is 0 Å². The molecule has 0 aromatic carbocycles. The van der Waals surface area contributed by atoms with Gasteiger partial charge in [0, 0.05) is 5.57 Å². The molecule has 0 saturated carbocycles. The lowest BCUT2D eigenvalue weighted by molar-refractivity contribution is -0.147. The normalized spacial score (nSPS) is 12.8. The second-order valence-electron chi connectivity index (χ2n) is 29.5. The second-order valence-corrected chi connectivity index (χ2v) is 29.5. The fourth-order valence-electron chi connectivity index (χ4n) is 14.4. The molecule has 3 unspecified atom stereocenters. The lowest BCUT2D eigenvalue weighted by atomic mass is 9.82. The smallest absolute Gasteiger partial charge is 0.333 e. The van der Waals surface area contributed by atoms with Crippen LogP contribution in [0.2, 0.25) is 0 Å². The fraction of sp³-hybridized carbons (Fsp3) is 0.964. The molecule has 2 nitrogen and oxygen atoms in total. The van der Waals surface area contributed by atoms with E-state index < -0.39 is 0 Å². The minimum absolute atomic E-state index is 0.0276. The van der Waals surface area contributed by atoms with Crippen LogP contribution < -0.4 is 0 Å². The van der Waals surface area contributed by atoms with Crippen LogP contribution in [0.3, 0.4) is 0 Å². The molecular formula is C84H166O2. The van der Waals surface area contributed by atoms with Gasteiger partial charge in [-0.15, -0.1) is 0 Å². The van der Waals surface area contributed by atoms with Gasteiger partial charge in [0.2, 0.25) is 0 Å². The van der Waals surface area contributed by atoms with Crippen LogP contribution in [0.25, 0.3) is 0 Å². The summed E-state index contributed by atoms with van der Waals surface area (Å²) in [6.45, 7) is 14.9. The van der Waals surface area contributed by atoms with E-state index in [1.807, 2.05) is 0 Å². The van der Waals surface area contributed by atoms with E-state index in [4.69, 9.17) is 4.74 Å². The molecule has 0 amide bonds. The summed E-state index contributed by atoms with van der Waals surface area (Å²) in [4.78, 5) is 12.5. The van der Waals surface area contributed by atoms with E-state index in [1.165, 1.54) is 469 Å². The summed E-state index contributed by atoms with van der Waals surface area (Å²) in [7, 11) is 0. The molecule has 0 radical (unpaired) electrons. The highest BCUT2D eigenvalue weighted by Gasteiger charge is 2.26. The first-order valence-electron chi connectivity index (χ1n) is 41.3. The molecule has 0 aromatic rings. The highest BCUT2D eigenvalue weighted by molar-refractivity contribution is 5.87. The molecule has 0 rings (SSSR count). The zero-order valence-corrected chi connectivity index (χ0v) is 60.9. The quantitative estimate of drug-likeness (QED) is 0.0345. The van der Waals surface area contributed by atoms with Crippen LogP contribution in [0.4, 0.5) is 0 Å². The van der Waals surface area contributed by atoms with Crippen molar-refractivity contribution in [2.24, 2.45) is 11.8 Å². The van der Waals surface area contributed by atoms with Crippen molar-refractivity contribution < 1.29 is 9.53 Å². The maximum atomic E-state index is 12.5. The zero-order chi connectivity index (χ0) is 62.2. The van der Waals surface area contributed by atoms with Gasteiger partial charge in [0.1, 0.15) is 6.10 Å². The Labute approximate surface area is 546 Å². The van der Waals surface area contributed by atoms with Gasteiger partial charge in [-0.1, -0.05) is 490 Å². The average Bonchev–Trinajstić information content (AvgIpc) is 3.69. The molecule has 0 aliphatic carbocycles. The van der Waals surface area contributed by atoms with Gasteiger partial charge in [0.05, 0.1) is 0 Å². The first kappa shape index (κ1) is 85.2. The first-order valence-corrected chi connectivity index (χ1v) is 41.3. The summed E-state index contributed by atoms with van der Waals surface area (Å²) in [5, 5.41) is 0. The standard InChI is InChI=1S/C84H166O2/c1-7-9-11-13-15-17-19-21-23-25-27-29-31-33-35-37-39-41-43-45-46-48-50-52-54-56-58-60-62-64-66-68-70-72-74-76-78-81(5)83(82(6)86-84(85)80(3)4)79-77-75-73-71-69-67-65-63-61-59-57-55-53-51-49-47-44-42-40-38-36-34-32-30-28-26-24-22-20-18-16-14-12-10-8-2/h81-83H,3,7-79H2,1-2,4-6H3. The number of hydrogen-bond donors (Lipinski definition) is 0. The van der Waals surface area contributed by atoms with Gasteiger partial charge in [-0.25, -0.2) is 4.79 Å². The topological polar surface area (TPSA) is 26.3 Å². The molecule has 0 spiro atoms. The molecule has 0 heterocycles. The van der Waals surface area contributed by atoms with Crippen LogP contribution in [0.15, 0.2) is 12.2 Å². The second kappa shape index (κ2) is 74.9. The molecule has 0 N–H and O–H groups in total. The van der Waals surface area contributed by atoms with E-state index in [0.717, 1.165) is 0 Å².